The number of rotatable bonds is 6. The number of ether oxygens (including phenoxy) is 1. The van der Waals surface area contributed by atoms with Crippen LogP contribution in [-0.4, -0.2) is 16.1 Å². The Balaban J connectivity index is 1.84. The first-order valence-electron chi connectivity index (χ1n) is 9.87. The number of nitrogens with zero attached hydrogens (tertiary/aromatic N) is 1. The van der Waals surface area contributed by atoms with Crippen molar-refractivity contribution in [3.05, 3.63) is 59.2 Å². The molecule has 4 nitrogen and oxygen atoms in total. The van der Waals surface area contributed by atoms with Crippen LogP contribution in [0.4, 0.5) is 0 Å². The van der Waals surface area contributed by atoms with Crippen LogP contribution < -0.4 is 10.1 Å². The van der Waals surface area contributed by atoms with E-state index in [1.165, 1.54) is 17.4 Å². The van der Waals surface area contributed by atoms with E-state index in [2.05, 4.69) is 50.1 Å². The highest BCUT2D eigenvalue weighted by atomic mass is 32.2. The highest BCUT2D eigenvalue weighted by Crippen LogP contribution is 2.34. The highest BCUT2D eigenvalue weighted by Gasteiger charge is 2.12. The first kappa shape index (κ1) is 21.2. The molecule has 152 valence electrons. The van der Waals surface area contributed by atoms with Crippen LogP contribution in [0, 0.1) is 13.8 Å². The predicted molar refractivity (Wildman–Crippen MR) is 121 cm³/mol. The standard InChI is InChI=1S/C24H28N2O2S/c1-14(2)29-23-11-10-22(15(3)16(23)4)28-24-12-8-20-13-19(7-9-21(20)26-24)17(5)25-18(6)27/h7-14,17H,1-6H3,(H,25,27). The smallest absolute Gasteiger partial charge is 0.219 e. The van der Waals surface area contributed by atoms with E-state index in [1.807, 2.05) is 49.0 Å². The number of hydrogen-bond donors (Lipinski definition) is 1. The van der Waals surface area contributed by atoms with Gasteiger partial charge < -0.3 is 10.1 Å². The molecule has 29 heavy (non-hydrogen) atoms. The largest absolute Gasteiger partial charge is 0.439 e. The third kappa shape index (κ3) is 5.10. The number of benzene rings is 2. The van der Waals surface area contributed by atoms with Crippen LogP contribution >= 0.6 is 11.8 Å². The summed E-state index contributed by atoms with van der Waals surface area (Å²) in [6.45, 7) is 12.1. The van der Waals surface area contributed by atoms with Gasteiger partial charge in [-0.05, 0) is 67.8 Å². The number of thioether (sulfide) groups is 1. The zero-order valence-electron chi connectivity index (χ0n) is 17.9. The Hall–Kier alpha value is -2.53. The van der Waals surface area contributed by atoms with Gasteiger partial charge in [0, 0.05) is 28.5 Å². The van der Waals surface area contributed by atoms with Gasteiger partial charge in [-0.2, -0.15) is 0 Å². The van der Waals surface area contributed by atoms with Crippen molar-refractivity contribution >= 4 is 28.6 Å². The average Bonchev–Trinajstić information content (AvgIpc) is 2.66. The summed E-state index contributed by atoms with van der Waals surface area (Å²) in [6, 6.07) is 14.0. The third-order valence-electron chi connectivity index (χ3n) is 4.87. The van der Waals surface area contributed by atoms with E-state index in [4.69, 9.17) is 4.74 Å². The van der Waals surface area contributed by atoms with Crippen molar-refractivity contribution in [3.8, 4) is 11.6 Å². The number of carbonyl (C=O) groups excluding carboxylic acids is 1. The second-order valence-corrected chi connectivity index (χ2v) is 9.22. The molecule has 5 heteroatoms. The Bertz CT molecular complexity index is 1050. The van der Waals surface area contributed by atoms with Crippen molar-refractivity contribution in [1.82, 2.24) is 10.3 Å². The van der Waals surface area contributed by atoms with E-state index in [-0.39, 0.29) is 11.9 Å². The summed E-state index contributed by atoms with van der Waals surface area (Å²) in [5, 5.41) is 4.47. The number of pyridine rings is 1. The summed E-state index contributed by atoms with van der Waals surface area (Å²) in [6.07, 6.45) is 0. The summed E-state index contributed by atoms with van der Waals surface area (Å²) in [7, 11) is 0. The number of hydrogen-bond acceptors (Lipinski definition) is 4. The lowest BCUT2D eigenvalue weighted by Gasteiger charge is -2.15. The Kier molecular flexibility index (Phi) is 6.48. The maximum atomic E-state index is 11.3. The molecule has 1 atom stereocenters. The quantitative estimate of drug-likeness (QED) is 0.483. The summed E-state index contributed by atoms with van der Waals surface area (Å²) in [5.41, 5.74) is 4.30. The van der Waals surface area contributed by atoms with E-state index in [0.717, 1.165) is 27.8 Å². The Morgan fingerprint density at radius 1 is 1.03 bits per heavy atom. The summed E-state index contributed by atoms with van der Waals surface area (Å²) >= 11 is 1.87. The fourth-order valence-electron chi connectivity index (χ4n) is 3.22. The fourth-order valence-corrected chi connectivity index (χ4v) is 4.20. The second kappa shape index (κ2) is 8.87. The van der Waals surface area contributed by atoms with Crippen LogP contribution in [0.25, 0.3) is 10.9 Å². The molecule has 3 rings (SSSR count). The molecule has 0 fully saturated rings. The molecule has 1 aromatic heterocycles. The van der Waals surface area contributed by atoms with Crippen molar-refractivity contribution in [2.45, 2.75) is 57.7 Å². The summed E-state index contributed by atoms with van der Waals surface area (Å²) in [5.74, 6) is 1.37. The van der Waals surface area contributed by atoms with Gasteiger partial charge in [0.15, 0.2) is 0 Å². The lowest BCUT2D eigenvalue weighted by atomic mass is 10.1. The Morgan fingerprint density at radius 3 is 2.48 bits per heavy atom. The molecule has 1 N–H and O–H groups in total. The number of amides is 1. The van der Waals surface area contributed by atoms with E-state index >= 15 is 0 Å². The molecule has 0 aliphatic rings. The second-order valence-electron chi connectivity index (χ2n) is 7.60. The van der Waals surface area contributed by atoms with Gasteiger partial charge in [-0.1, -0.05) is 19.9 Å². The van der Waals surface area contributed by atoms with Crippen LogP contribution in [-0.2, 0) is 4.79 Å². The maximum absolute atomic E-state index is 11.3. The average molecular weight is 409 g/mol. The van der Waals surface area contributed by atoms with Crippen LogP contribution in [0.2, 0.25) is 0 Å². The zero-order valence-corrected chi connectivity index (χ0v) is 18.7. The molecular weight excluding hydrogens is 380 g/mol. The lowest BCUT2D eigenvalue weighted by molar-refractivity contribution is -0.119. The summed E-state index contributed by atoms with van der Waals surface area (Å²) < 4.78 is 6.11. The minimum absolute atomic E-state index is 0.0389. The van der Waals surface area contributed by atoms with Crippen molar-refractivity contribution < 1.29 is 9.53 Å². The molecule has 3 aromatic rings. The lowest BCUT2D eigenvalue weighted by Crippen LogP contribution is -2.23. The molecule has 0 aliphatic heterocycles. The molecule has 1 unspecified atom stereocenters. The normalized spacial score (nSPS) is 12.2. The molecule has 1 heterocycles. The third-order valence-corrected chi connectivity index (χ3v) is 6.04. The van der Waals surface area contributed by atoms with Gasteiger partial charge in [0.25, 0.3) is 0 Å². The fraction of sp³-hybridized carbons (Fsp3) is 0.333. The number of fused-ring (bicyclic) bond motifs is 1. The minimum atomic E-state index is -0.0410. The molecule has 0 aliphatic carbocycles. The molecule has 0 bridgehead atoms. The van der Waals surface area contributed by atoms with Gasteiger partial charge in [-0.3, -0.25) is 4.79 Å². The van der Waals surface area contributed by atoms with Gasteiger partial charge in [-0.25, -0.2) is 4.98 Å². The van der Waals surface area contributed by atoms with Crippen molar-refractivity contribution in [2.75, 3.05) is 0 Å². The Labute approximate surface area is 177 Å². The monoisotopic (exact) mass is 408 g/mol. The van der Waals surface area contributed by atoms with Crippen LogP contribution in [0.15, 0.2) is 47.4 Å². The van der Waals surface area contributed by atoms with Gasteiger partial charge in [0.2, 0.25) is 11.8 Å². The predicted octanol–water partition coefficient (Wildman–Crippen LogP) is 6.34. The number of nitrogens with one attached hydrogen (secondary N) is 1. The maximum Gasteiger partial charge on any atom is 0.219 e. The molecule has 1 amide bonds. The highest BCUT2D eigenvalue weighted by molar-refractivity contribution is 8.00. The topological polar surface area (TPSA) is 51.2 Å². The van der Waals surface area contributed by atoms with Gasteiger partial charge in [0.05, 0.1) is 11.6 Å². The van der Waals surface area contributed by atoms with Crippen molar-refractivity contribution in [3.63, 3.8) is 0 Å². The van der Waals surface area contributed by atoms with E-state index in [1.54, 1.807) is 0 Å². The zero-order chi connectivity index (χ0) is 21.1. The SMILES string of the molecule is CC(=O)NC(C)c1ccc2nc(Oc3ccc(SC(C)C)c(C)c3C)ccc2c1. The van der Waals surface area contributed by atoms with Crippen LogP contribution in [0.5, 0.6) is 11.6 Å². The molecule has 0 spiro atoms. The molecule has 0 saturated heterocycles. The molecule has 0 radical (unpaired) electrons. The van der Waals surface area contributed by atoms with Crippen LogP contribution in [0.3, 0.4) is 0 Å². The van der Waals surface area contributed by atoms with E-state index in [9.17, 15) is 4.79 Å². The molecule has 0 saturated carbocycles. The van der Waals surface area contributed by atoms with Gasteiger partial charge in [-0.15, -0.1) is 11.8 Å². The Morgan fingerprint density at radius 2 is 1.79 bits per heavy atom. The van der Waals surface area contributed by atoms with E-state index < -0.39 is 0 Å². The molecular formula is C24H28N2O2S. The van der Waals surface area contributed by atoms with Crippen molar-refractivity contribution in [2.24, 2.45) is 0 Å². The number of carbonyl (C=O) groups is 1. The molecule has 2 aromatic carbocycles. The van der Waals surface area contributed by atoms with Gasteiger partial charge >= 0.3 is 0 Å². The summed E-state index contributed by atoms with van der Waals surface area (Å²) in [4.78, 5) is 17.2. The van der Waals surface area contributed by atoms with Crippen LogP contribution in [0.1, 0.15) is 50.4 Å². The minimum Gasteiger partial charge on any atom is -0.439 e. The van der Waals surface area contributed by atoms with E-state index in [0.29, 0.717) is 11.1 Å². The number of aromatic nitrogens is 1. The van der Waals surface area contributed by atoms with Gasteiger partial charge in [0.1, 0.15) is 5.75 Å². The first-order valence-corrected chi connectivity index (χ1v) is 10.7. The first-order chi connectivity index (χ1) is 13.7. The van der Waals surface area contributed by atoms with Crippen molar-refractivity contribution in [1.29, 1.82) is 0 Å².